The Morgan fingerprint density at radius 2 is 1.32 bits per heavy atom. The quantitative estimate of drug-likeness (QED) is 0.574. The van der Waals surface area contributed by atoms with Crippen molar-refractivity contribution >= 4 is 14.5 Å². The maximum Gasteiger partial charge on any atom is -0.0107 e. The van der Waals surface area contributed by atoms with Gasteiger partial charge in [-0.05, 0) is 52.4 Å². The van der Waals surface area contributed by atoms with Gasteiger partial charge in [0.2, 0.25) is 0 Å². The lowest BCUT2D eigenvalue weighted by Gasteiger charge is -2.19. The van der Waals surface area contributed by atoms with Crippen LogP contribution < -0.4 is 5.30 Å². The van der Waals surface area contributed by atoms with Crippen molar-refractivity contribution in [3.63, 3.8) is 0 Å². The molecule has 0 aliphatic heterocycles. The molecule has 2 aromatic rings. The number of aryl methyl sites for hydroxylation is 3. The highest BCUT2D eigenvalue weighted by molar-refractivity contribution is 7.28. The smallest absolute Gasteiger partial charge is 0.0107 e. The Bertz CT molecular complexity index is 586. The Kier molecular flexibility index (Phi) is 6.65. The van der Waals surface area contributed by atoms with Crippen molar-refractivity contribution in [1.29, 1.82) is 0 Å². The summed E-state index contributed by atoms with van der Waals surface area (Å²) in [5.74, 6) is 0. The van der Waals surface area contributed by atoms with Gasteiger partial charge in [0, 0.05) is 0 Å². The first-order chi connectivity index (χ1) is 10.7. The van der Waals surface area contributed by atoms with Crippen LogP contribution in [0, 0.1) is 0 Å². The Morgan fingerprint density at radius 3 is 1.82 bits per heavy atom. The fourth-order valence-corrected chi connectivity index (χ4v) is 3.63. The van der Waals surface area contributed by atoms with Crippen LogP contribution in [-0.4, -0.2) is 0 Å². The summed E-state index contributed by atoms with van der Waals surface area (Å²) in [6.45, 7) is 6.83. The third-order valence-corrected chi connectivity index (χ3v) is 4.67. The third kappa shape index (κ3) is 3.99. The predicted molar refractivity (Wildman–Crippen MR) is 103 cm³/mol. The molecule has 2 aromatic carbocycles. The van der Waals surface area contributed by atoms with Gasteiger partial charge in [-0.25, -0.2) is 0 Å². The molecule has 0 spiro atoms. The third-order valence-electron chi connectivity index (χ3n) is 4.17. The fraction of sp³-hybridized carbons (Fsp3) is 0.429. The van der Waals surface area contributed by atoms with Crippen LogP contribution in [0.1, 0.15) is 56.7 Å². The van der Waals surface area contributed by atoms with Gasteiger partial charge >= 0.3 is 0 Å². The summed E-state index contributed by atoms with van der Waals surface area (Å²) < 4.78 is 0. The molecule has 0 radical (unpaired) electrons. The van der Waals surface area contributed by atoms with Crippen molar-refractivity contribution in [3.05, 3.63) is 53.1 Å². The average Bonchev–Trinajstić information content (AvgIpc) is 2.49. The standard InChI is InChI=1S/C21H29P/c1-4-9-16-14-17(10-5-2)21(18(15-16)11-6-3)19-12-7-8-13-20(19)22/h7-8,12-15H,4-6,9-11,22H2,1-3H3. The topological polar surface area (TPSA) is 0 Å². The average molecular weight is 312 g/mol. The second-order valence-corrected chi connectivity index (χ2v) is 6.75. The van der Waals surface area contributed by atoms with E-state index in [1.54, 1.807) is 0 Å². The summed E-state index contributed by atoms with van der Waals surface area (Å²) >= 11 is 0. The van der Waals surface area contributed by atoms with E-state index in [4.69, 9.17) is 0 Å². The minimum Gasteiger partial charge on any atom is -0.105 e. The van der Waals surface area contributed by atoms with Gasteiger partial charge < -0.3 is 0 Å². The van der Waals surface area contributed by atoms with Crippen LogP contribution in [0.15, 0.2) is 36.4 Å². The summed E-state index contributed by atoms with van der Waals surface area (Å²) in [6, 6.07) is 13.7. The lowest BCUT2D eigenvalue weighted by molar-refractivity contribution is 0.873. The van der Waals surface area contributed by atoms with Crippen molar-refractivity contribution in [3.8, 4) is 11.1 Å². The van der Waals surface area contributed by atoms with E-state index in [0.29, 0.717) is 0 Å². The molecule has 0 heterocycles. The number of hydrogen-bond acceptors (Lipinski definition) is 0. The van der Waals surface area contributed by atoms with E-state index in [-0.39, 0.29) is 0 Å². The van der Waals surface area contributed by atoms with Gasteiger partial charge in [0.25, 0.3) is 0 Å². The van der Waals surface area contributed by atoms with Crippen LogP contribution in [-0.2, 0) is 19.3 Å². The van der Waals surface area contributed by atoms with Crippen molar-refractivity contribution in [2.45, 2.75) is 59.3 Å². The zero-order valence-electron chi connectivity index (χ0n) is 14.3. The minimum atomic E-state index is 1.17. The summed E-state index contributed by atoms with van der Waals surface area (Å²) in [7, 11) is 2.91. The molecule has 1 heteroatoms. The highest BCUT2D eigenvalue weighted by Crippen LogP contribution is 2.31. The van der Waals surface area contributed by atoms with Crippen molar-refractivity contribution in [2.75, 3.05) is 0 Å². The normalized spacial score (nSPS) is 10.9. The van der Waals surface area contributed by atoms with Crippen LogP contribution in [0.5, 0.6) is 0 Å². The van der Waals surface area contributed by atoms with Crippen LogP contribution in [0.25, 0.3) is 11.1 Å². The van der Waals surface area contributed by atoms with Gasteiger partial charge in [-0.1, -0.05) is 76.4 Å². The molecule has 0 nitrogen and oxygen atoms in total. The highest BCUT2D eigenvalue weighted by atomic mass is 31.0. The minimum absolute atomic E-state index is 1.17. The fourth-order valence-electron chi connectivity index (χ4n) is 3.28. The van der Waals surface area contributed by atoms with Gasteiger partial charge in [-0.3, -0.25) is 0 Å². The van der Waals surface area contributed by atoms with Gasteiger partial charge in [0.1, 0.15) is 0 Å². The Labute approximate surface area is 138 Å². The molecule has 1 unspecified atom stereocenters. The van der Waals surface area contributed by atoms with Gasteiger partial charge in [-0.2, -0.15) is 0 Å². The second-order valence-electron chi connectivity index (χ2n) is 6.13. The number of hydrogen-bond donors (Lipinski definition) is 0. The molecule has 0 aromatic heterocycles. The molecule has 0 N–H and O–H groups in total. The molecular weight excluding hydrogens is 283 g/mol. The van der Waals surface area contributed by atoms with Gasteiger partial charge in [0.15, 0.2) is 0 Å². The van der Waals surface area contributed by atoms with Crippen molar-refractivity contribution < 1.29 is 0 Å². The van der Waals surface area contributed by atoms with E-state index >= 15 is 0 Å². The van der Waals surface area contributed by atoms with Crippen LogP contribution in [0.2, 0.25) is 0 Å². The van der Waals surface area contributed by atoms with Gasteiger partial charge in [0.05, 0.1) is 0 Å². The zero-order chi connectivity index (χ0) is 15.9. The molecule has 0 bridgehead atoms. The second kappa shape index (κ2) is 8.49. The van der Waals surface area contributed by atoms with Crippen LogP contribution in [0.3, 0.4) is 0 Å². The lowest BCUT2D eigenvalue weighted by Crippen LogP contribution is -2.05. The van der Waals surface area contributed by atoms with Gasteiger partial charge in [-0.15, -0.1) is 9.24 Å². The summed E-state index contributed by atoms with van der Waals surface area (Å²) in [6.07, 6.45) is 7.15. The molecule has 1 atom stereocenters. The first kappa shape index (κ1) is 17.2. The summed E-state index contributed by atoms with van der Waals surface area (Å²) in [5.41, 5.74) is 7.47. The SMILES string of the molecule is CCCc1cc(CCC)c(-c2ccccc2P)c(CCC)c1. The van der Waals surface area contributed by atoms with E-state index in [2.05, 4.69) is 66.4 Å². The van der Waals surface area contributed by atoms with E-state index in [1.807, 2.05) is 0 Å². The monoisotopic (exact) mass is 312 g/mol. The molecule has 0 aliphatic rings. The highest BCUT2D eigenvalue weighted by Gasteiger charge is 2.13. The van der Waals surface area contributed by atoms with Crippen molar-refractivity contribution in [2.24, 2.45) is 0 Å². The maximum atomic E-state index is 2.91. The molecule has 0 amide bonds. The molecule has 0 aliphatic carbocycles. The molecule has 0 fully saturated rings. The lowest BCUT2D eigenvalue weighted by atomic mass is 9.87. The number of benzene rings is 2. The van der Waals surface area contributed by atoms with Crippen LogP contribution >= 0.6 is 9.24 Å². The predicted octanol–water partition coefficient (Wildman–Crippen LogP) is 5.71. The van der Waals surface area contributed by atoms with Crippen molar-refractivity contribution in [1.82, 2.24) is 0 Å². The molecule has 118 valence electrons. The molecule has 2 rings (SSSR count). The summed E-state index contributed by atoms with van der Waals surface area (Å²) in [5, 5.41) is 1.31. The van der Waals surface area contributed by atoms with E-state index in [1.165, 1.54) is 71.6 Å². The first-order valence-corrected chi connectivity index (χ1v) is 9.28. The Balaban J connectivity index is 2.64. The van der Waals surface area contributed by atoms with E-state index < -0.39 is 0 Å². The Hall–Kier alpha value is -1.13. The largest absolute Gasteiger partial charge is 0.105 e. The molecular formula is C21H29P. The maximum absolute atomic E-state index is 2.91. The van der Waals surface area contributed by atoms with Crippen LogP contribution in [0.4, 0.5) is 0 Å². The number of rotatable bonds is 7. The molecule has 0 saturated heterocycles. The Morgan fingerprint density at radius 1 is 0.773 bits per heavy atom. The van der Waals surface area contributed by atoms with E-state index in [9.17, 15) is 0 Å². The molecule has 0 saturated carbocycles. The first-order valence-electron chi connectivity index (χ1n) is 8.70. The zero-order valence-corrected chi connectivity index (χ0v) is 15.4. The van der Waals surface area contributed by atoms with E-state index in [0.717, 1.165) is 0 Å². The molecule has 22 heavy (non-hydrogen) atoms. The summed E-state index contributed by atoms with van der Waals surface area (Å²) in [4.78, 5) is 0.